The topological polar surface area (TPSA) is 35.5 Å². The summed E-state index contributed by atoms with van der Waals surface area (Å²) in [5, 5.41) is 0. The molecule has 0 spiro atoms. The fourth-order valence-electron chi connectivity index (χ4n) is 4.32. The molecule has 1 heterocycles. The summed E-state index contributed by atoms with van der Waals surface area (Å²) < 4.78 is 13.1. The van der Waals surface area contributed by atoms with E-state index in [4.69, 9.17) is 9.47 Å². The molecule has 2 aromatic rings. The van der Waals surface area contributed by atoms with Crippen LogP contribution in [0, 0.1) is 0 Å². The third-order valence-electron chi connectivity index (χ3n) is 5.98. The van der Waals surface area contributed by atoms with Gasteiger partial charge in [0.1, 0.15) is 24.0 Å². The van der Waals surface area contributed by atoms with Crippen LogP contribution in [0.3, 0.4) is 0 Å². The number of likely N-dealkylation sites (N-methyl/N-ethyl adjacent to an activating group) is 1. The molecule has 0 aromatic heterocycles. The van der Waals surface area contributed by atoms with Gasteiger partial charge in [-0.1, -0.05) is 56.7 Å². The lowest BCUT2D eigenvalue weighted by atomic mass is 9.88. The van der Waals surface area contributed by atoms with Crippen molar-refractivity contribution in [2.75, 3.05) is 26.7 Å². The summed E-state index contributed by atoms with van der Waals surface area (Å²) >= 11 is 0. The highest BCUT2D eigenvalue weighted by Gasteiger charge is 2.36. The SMILES string of the molecule is CCCC(C[N+](C)(CC)CCC)OC(=O)C1c2ccccc2Oc2ccccc21. The number of hydrogen-bond donors (Lipinski definition) is 0. The highest BCUT2D eigenvalue weighted by Crippen LogP contribution is 2.44. The van der Waals surface area contributed by atoms with Gasteiger partial charge in [0.25, 0.3) is 0 Å². The number of carbonyl (C=O) groups is 1. The van der Waals surface area contributed by atoms with Gasteiger partial charge in [0.05, 0.1) is 20.1 Å². The van der Waals surface area contributed by atoms with E-state index >= 15 is 0 Å². The van der Waals surface area contributed by atoms with Crippen LogP contribution in [-0.4, -0.2) is 43.2 Å². The first-order valence-corrected chi connectivity index (χ1v) is 10.9. The molecule has 2 aromatic carbocycles. The molecular weight excluding hydrogens is 362 g/mol. The Morgan fingerprint density at radius 2 is 1.59 bits per heavy atom. The number of quaternary nitrogens is 1. The summed E-state index contributed by atoms with van der Waals surface area (Å²) in [4.78, 5) is 13.5. The molecule has 4 nitrogen and oxygen atoms in total. The fraction of sp³-hybridized carbons (Fsp3) is 0.480. The van der Waals surface area contributed by atoms with E-state index in [0.717, 1.165) is 66.0 Å². The second-order valence-corrected chi connectivity index (χ2v) is 8.30. The quantitative estimate of drug-likeness (QED) is 0.414. The third-order valence-corrected chi connectivity index (χ3v) is 5.98. The maximum Gasteiger partial charge on any atom is 0.318 e. The summed E-state index contributed by atoms with van der Waals surface area (Å²) in [6.07, 6.45) is 2.92. The molecule has 4 heteroatoms. The number of hydrogen-bond acceptors (Lipinski definition) is 3. The van der Waals surface area contributed by atoms with Crippen LogP contribution in [-0.2, 0) is 9.53 Å². The van der Waals surface area contributed by atoms with Gasteiger partial charge in [-0.2, -0.15) is 0 Å². The Bertz CT molecular complexity index is 789. The van der Waals surface area contributed by atoms with Gasteiger partial charge < -0.3 is 14.0 Å². The van der Waals surface area contributed by atoms with Crippen LogP contribution in [0.2, 0.25) is 0 Å². The summed E-state index contributed by atoms with van der Waals surface area (Å²) in [6, 6.07) is 15.5. The predicted octanol–water partition coefficient (Wildman–Crippen LogP) is 5.51. The van der Waals surface area contributed by atoms with Gasteiger partial charge in [0.2, 0.25) is 0 Å². The first-order chi connectivity index (χ1) is 14.0. The van der Waals surface area contributed by atoms with Gasteiger partial charge in [0, 0.05) is 11.1 Å². The van der Waals surface area contributed by atoms with Gasteiger partial charge in [-0.15, -0.1) is 0 Å². The minimum Gasteiger partial charge on any atom is -0.457 e. The van der Waals surface area contributed by atoms with Crippen molar-refractivity contribution in [3.8, 4) is 11.5 Å². The van der Waals surface area contributed by atoms with E-state index in [-0.39, 0.29) is 12.1 Å². The van der Waals surface area contributed by atoms with E-state index in [1.54, 1.807) is 0 Å². The molecule has 1 aliphatic rings. The first kappa shape index (κ1) is 21.4. The first-order valence-electron chi connectivity index (χ1n) is 10.9. The molecule has 2 atom stereocenters. The molecule has 29 heavy (non-hydrogen) atoms. The van der Waals surface area contributed by atoms with Gasteiger partial charge in [-0.25, -0.2) is 0 Å². The number of rotatable bonds is 9. The Hall–Kier alpha value is -2.33. The van der Waals surface area contributed by atoms with Gasteiger partial charge in [-0.05, 0) is 31.9 Å². The Morgan fingerprint density at radius 1 is 1.00 bits per heavy atom. The van der Waals surface area contributed by atoms with Crippen LogP contribution in [0.5, 0.6) is 11.5 Å². The van der Waals surface area contributed by atoms with Crippen molar-refractivity contribution in [2.24, 2.45) is 0 Å². The summed E-state index contributed by atoms with van der Waals surface area (Å²) in [5.74, 6) is 0.855. The van der Waals surface area contributed by atoms with E-state index in [0.29, 0.717) is 0 Å². The molecule has 0 bridgehead atoms. The zero-order chi connectivity index (χ0) is 20.9. The third kappa shape index (κ3) is 4.81. The van der Waals surface area contributed by atoms with Crippen molar-refractivity contribution in [1.29, 1.82) is 0 Å². The van der Waals surface area contributed by atoms with E-state index in [1.807, 2.05) is 48.5 Å². The lowest BCUT2D eigenvalue weighted by Crippen LogP contribution is -2.50. The Labute approximate surface area is 175 Å². The number of para-hydroxylation sites is 2. The zero-order valence-corrected chi connectivity index (χ0v) is 18.2. The van der Waals surface area contributed by atoms with Crippen molar-refractivity contribution in [3.05, 3.63) is 59.7 Å². The molecule has 0 aliphatic carbocycles. The Kier molecular flexibility index (Phi) is 6.96. The molecule has 2 unspecified atom stereocenters. The van der Waals surface area contributed by atoms with Crippen molar-refractivity contribution < 1.29 is 18.8 Å². The predicted molar refractivity (Wildman–Crippen MR) is 116 cm³/mol. The average Bonchev–Trinajstić information content (AvgIpc) is 2.72. The smallest absolute Gasteiger partial charge is 0.318 e. The number of fused-ring (bicyclic) bond motifs is 2. The van der Waals surface area contributed by atoms with Crippen LogP contribution < -0.4 is 4.74 Å². The average molecular weight is 397 g/mol. The van der Waals surface area contributed by atoms with E-state index in [1.165, 1.54) is 0 Å². The minimum absolute atomic E-state index is 0.0776. The molecule has 156 valence electrons. The molecule has 0 fully saturated rings. The molecule has 0 saturated heterocycles. The van der Waals surface area contributed by atoms with Gasteiger partial charge in [-0.3, -0.25) is 4.79 Å². The van der Waals surface area contributed by atoms with Crippen LogP contribution in [0.1, 0.15) is 57.1 Å². The van der Waals surface area contributed by atoms with Crippen LogP contribution in [0.4, 0.5) is 0 Å². The molecular formula is C25H34NO3+. The molecule has 0 radical (unpaired) electrons. The molecule has 0 amide bonds. The monoisotopic (exact) mass is 396 g/mol. The largest absolute Gasteiger partial charge is 0.457 e. The van der Waals surface area contributed by atoms with Crippen molar-refractivity contribution in [1.82, 2.24) is 0 Å². The van der Waals surface area contributed by atoms with Gasteiger partial charge >= 0.3 is 5.97 Å². The summed E-state index contributed by atoms with van der Waals surface area (Å²) in [5.41, 5.74) is 1.76. The molecule has 1 aliphatic heterocycles. The maximum atomic E-state index is 13.5. The maximum absolute atomic E-state index is 13.5. The lowest BCUT2D eigenvalue weighted by Gasteiger charge is -2.36. The molecule has 3 rings (SSSR count). The van der Waals surface area contributed by atoms with Crippen molar-refractivity contribution in [3.63, 3.8) is 0 Å². The molecule has 0 N–H and O–H groups in total. The van der Waals surface area contributed by atoms with E-state index in [9.17, 15) is 4.79 Å². The lowest BCUT2D eigenvalue weighted by molar-refractivity contribution is -0.910. The minimum atomic E-state index is -0.443. The van der Waals surface area contributed by atoms with E-state index in [2.05, 4.69) is 27.8 Å². The number of ether oxygens (including phenoxy) is 2. The second kappa shape index (κ2) is 9.45. The summed E-state index contributed by atoms with van der Waals surface area (Å²) in [7, 11) is 2.26. The zero-order valence-electron chi connectivity index (χ0n) is 18.2. The second-order valence-electron chi connectivity index (χ2n) is 8.30. The number of esters is 1. The number of benzene rings is 2. The highest BCUT2D eigenvalue weighted by atomic mass is 16.5. The number of nitrogens with zero attached hydrogens (tertiary/aromatic N) is 1. The Morgan fingerprint density at radius 3 is 2.10 bits per heavy atom. The highest BCUT2D eigenvalue weighted by molar-refractivity contribution is 5.85. The van der Waals surface area contributed by atoms with Gasteiger partial charge in [0.15, 0.2) is 6.10 Å². The van der Waals surface area contributed by atoms with Crippen molar-refractivity contribution >= 4 is 5.97 Å². The van der Waals surface area contributed by atoms with E-state index < -0.39 is 5.92 Å². The van der Waals surface area contributed by atoms with Crippen molar-refractivity contribution in [2.45, 2.75) is 52.1 Å². The van der Waals surface area contributed by atoms with Crippen LogP contribution >= 0.6 is 0 Å². The standard InChI is InChI=1S/C25H34NO3/c1-5-12-19(18-26(4,7-3)17-6-2)28-25(27)24-20-13-8-10-15-22(20)29-23-16-11-9-14-21(23)24/h8-11,13-16,19,24H,5-7,12,17-18H2,1-4H3/q+1. The number of carbonyl (C=O) groups excluding carboxylic acids is 1. The normalized spacial score (nSPS) is 16.1. The fourth-order valence-corrected chi connectivity index (χ4v) is 4.32. The molecule has 0 saturated carbocycles. The van der Waals surface area contributed by atoms with Crippen LogP contribution in [0.25, 0.3) is 0 Å². The van der Waals surface area contributed by atoms with Crippen LogP contribution in [0.15, 0.2) is 48.5 Å². The summed E-state index contributed by atoms with van der Waals surface area (Å²) in [6.45, 7) is 9.56. The Balaban J connectivity index is 1.87.